The van der Waals surface area contributed by atoms with Crippen LogP contribution in [0, 0.1) is 5.92 Å². The maximum atomic E-state index is 3.69. The molecule has 0 aromatic rings. The molecule has 2 heteroatoms. The van der Waals surface area contributed by atoms with E-state index in [1.54, 1.807) is 0 Å². The maximum Gasteiger partial charge on any atom is 0.0110 e. The molecule has 1 unspecified atom stereocenters. The average molecular weight is 224 g/mol. The Morgan fingerprint density at radius 3 is 2.50 bits per heavy atom. The largest absolute Gasteiger partial charge is 0.313 e. The Kier molecular flexibility index (Phi) is 4.66. The van der Waals surface area contributed by atoms with E-state index in [0.29, 0.717) is 0 Å². The monoisotopic (exact) mass is 224 g/mol. The lowest BCUT2D eigenvalue weighted by Crippen LogP contribution is -2.38. The van der Waals surface area contributed by atoms with Crippen molar-refractivity contribution in [2.45, 2.75) is 64.5 Å². The number of nitrogens with one attached hydrogen (secondary N) is 1. The van der Waals surface area contributed by atoms with Crippen LogP contribution >= 0.6 is 0 Å². The topological polar surface area (TPSA) is 15.3 Å². The Morgan fingerprint density at radius 1 is 1.25 bits per heavy atom. The summed E-state index contributed by atoms with van der Waals surface area (Å²) >= 11 is 0. The zero-order valence-corrected chi connectivity index (χ0v) is 11.0. The molecule has 0 saturated heterocycles. The van der Waals surface area contributed by atoms with Crippen molar-refractivity contribution in [3.05, 3.63) is 0 Å². The fourth-order valence-electron chi connectivity index (χ4n) is 2.80. The highest BCUT2D eigenvalue weighted by Crippen LogP contribution is 2.30. The third kappa shape index (κ3) is 3.74. The molecular formula is C14H28N2. The van der Waals surface area contributed by atoms with E-state index in [-0.39, 0.29) is 0 Å². The van der Waals surface area contributed by atoms with E-state index >= 15 is 0 Å². The Bertz CT molecular complexity index is 197. The van der Waals surface area contributed by atoms with Crippen LogP contribution in [0.3, 0.4) is 0 Å². The van der Waals surface area contributed by atoms with E-state index in [2.05, 4.69) is 24.1 Å². The van der Waals surface area contributed by atoms with Gasteiger partial charge >= 0.3 is 0 Å². The molecule has 2 fully saturated rings. The van der Waals surface area contributed by atoms with E-state index in [1.807, 2.05) is 0 Å². The van der Waals surface area contributed by atoms with Gasteiger partial charge in [-0.2, -0.15) is 0 Å². The molecule has 2 aliphatic rings. The minimum absolute atomic E-state index is 0.725. The van der Waals surface area contributed by atoms with Gasteiger partial charge in [-0.3, -0.25) is 4.90 Å². The van der Waals surface area contributed by atoms with Crippen molar-refractivity contribution in [3.63, 3.8) is 0 Å². The molecule has 0 bridgehead atoms. The molecule has 0 amide bonds. The zero-order valence-electron chi connectivity index (χ0n) is 11.0. The van der Waals surface area contributed by atoms with Crippen LogP contribution in [-0.4, -0.2) is 36.6 Å². The van der Waals surface area contributed by atoms with E-state index in [4.69, 9.17) is 0 Å². The van der Waals surface area contributed by atoms with Crippen LogP contribution in [0.15, 0.2) is 0 Å². The van der Waals surface area contributed by atoms with Gasteiger partial charge in [-0.15, -0.1) is 0 Å². The van der Waals surface area contributed by atoms with Gasteiger partial charge in [0.1, 0.15) is 0 Å². The first-order chi connectivity index (χ1) is 7.79. The molecule has 2 aliphatic carbocycles. The molecule has 2 saturated carbocycles. The summed E-state index contributed by atoms with van der Waals surface area (Å²) < 4.78 is 0. The van der Waals surface area contributed by atoms with Crippen molar-refractivity contribution < 1.29 is 0 Å². The Morgan fingerprint density at radius 2 is 2.00 bits per heavy atom. The second-order valence-electron chi connectivity index (χ2n) is 5.75. The summed E-state index contributed by atoms with van der Waals surface area (Å²) in [5, 5.41) is 3.69. The zero-order chi connectivity index (χ0) is 11.4. The highest BCUT2D eigenvalue weighted by atomic mass is 15.2. The second kappa shape index (κ2) is 6.02. The fourth-order valence-corrected chi connectivity index (χ4v) is 2.80. The van der Waals surface area contributed by atoms with Gasteiger partial charge in [0.05, 0.1) is 0 Å². The predicted octanol–water partition coefficient (Wildman–Crippen LogP) is 2.64. The molecule has 0 aromatic heterocycles. The molecule has 2 rings (SSSR count). The third-order valence-corrected chi connectivity index (χ3v) is 4.27. The number of rotatable bonds is 8. The van der Waals surface area contributed by atoms with Crippen LogP contribution in [0.2, 0.25) is 0 Å². The summed E-state index contributed by atoms with van der Waals surface area (Å²) in [5.41, 5.74) is 0. The number of nitrogens with zero attached hydrogens (tertiary/aromatic N) is 1. The van der Waals surface area contributed by atoms with Gasteiger partial charge in [0, 0.05) is 25.2 Å². The minimum Gasteiger partial charge on any atom is -0.313 e. The molecule has 94 valence electrons. The smallest absolute Gasteiger partial charge is 0.0110 e. The average Bonchev–Trinajstić information content (AvgIpc) is 3.02. The third-order valence-electron chi connectivity index (χ3n) is 4.27. The van der Waals surface area contributed by atoms with E-state index in [9.17, 15) is 0 Å². The van der Waals surface area contributed by atoms with Gasteiger partial charge in [0.2, 0.25) is 0 Å². The number of likely N-dealkylation sites (N-methyl/N-ethyl adjacent to an activating group) is 1. The van der Waals surface area contributed by atoms with Crippen molar-refractivity contribution in [3.8, 4) is 0 Å². The van der Waals surface area contributed by atoms with E-state index in [0.717, 1.165) is 18.0 Å². The Balaban J connectivity index is 1.51. The number of hydrogen-bond donors (Lipinski definition) is 1. The molecule has 0 heterocycles. The highest BCUT2D eigenvalue weighted by molar-refractivity contribution is 4.84. The Hall–Kier alpha value is -0.0800. The quantitative estimate of drug-likeness (QED) is 0.682. The van der Waals surface area contributed by atoms with Crippen LogP contribution in [-0.2, 0) is 0 Å². The maximum absolute atomic E-state index is 3.69. The molecular weight excluding hydrogens is 196 g/mol. The highest BCUT2D eigenvalue weighted by Gasteiger charge is 2.27. The predicted molar refractivity (Wildman–Crippen MR) is 69.7 cm³/mol. The summed E-state index contributed by atoms with van der Waals surface area (Å²) in [4.78, 5) is 2.63. The normalized spacial score (nSPS) is 23.4. The SMILES string of the molecule is CCN(CCNC(C)CC1CCC1)C1CC1. The molecule has 0 spiro atoms. The van der Waals surface area contributed by atoms with Crippen LogP contribution < -0.4 is 5.32 Å². The summed E-state index contributed by atoms with van der Waals surface area (Å²) in [6, 6.07) is 1.65. The first kappa shape index (κ1) is 12.4. The first-order valence-electron chi connectivity index (χ1n) is 7.27. The van der Waals surface area contributed by atoms with Crippen LogP contribution in [0.5, 0.6) is 0 Å². The lowest BCUT2D eigenvalue weighted by molar-refractivity contribution is 0.247. The van der Waals surface area contributed by atoms with E-state index < -0.39 is 0 Å². The molecule has 2 nitrogen and oxygen atoms in total. The standard InChI is InChI=1S/C14H28N2/c1-3-16(14-7-8-14)10-9-15-12(2)11-13-5-4-6-13/h12-15H,3-11H2,1-2H3. The molecule has 0 radical (unpaired) electrons. The molecule has 0 aliphatic heterocycles. The van der Waals surface area contributed by atoms with Crippen molar-refractivity contribution in [2.75, 3.05) is 19.6 Å². The van der Waals surface area contributed by atoms with Crippen molar-refractivity contribution in [2.24, 2.45) is 5.92 Å². The molecule has 0 aromatic carbocycles. The first-order valence-corrected chi connectivity index (χ1v) is 7.27. The molecule has 1 atom stereocenters. The van der Waals surface area contributed by atoms with Crippen molar-refractivity contribution in [1.82, 2.24) is 10.2 Å². The molecule has 1 N–H and O–H groups in total. The second-order valence-corrected chi connectivity index (χ2v) is 5.75. The van der Waals surface area contributed by atoms with Crippen LogP contribution in [0.25, 0.3) is 0 Å². The molecule has 16 heavy (non-hydrogen) atoms. The van der Waals surface area contributed by atoms with Crippen molar-refractivity contribution >= 4 is 0 Å². The number of hydrogen-bond acceptors (Lipinski definition) is 2. The van der Waals surface area contributed by atoms with Gasteiger partial charge in [-0.1, -0.05) is 26.2 Å². The van der Waals surface area contributed by atoms with Crippen molar-refractivity contribution in [1.29, 1.82) is 0 Å². The fraction of sp³-hybridized carbons (Fsp3) is 1.00. The van der Waals surface area contributed by atoms with Gasteiger partial charge in [-0.05, 0) is 38.6 Å². The minimum atomic E-state index is 0.725. The Labute approximate surface area is 101 Å². The lowest BCUT2D eigenvalue weighted by atomic mass is 9.81. The van der Waals surface area contributed by atoms with Gasteiger partial charge in [0.15, 0.2) is 0 Å². The van der Waals surface area contributed by atoms with Gasteiger partial charge in [-0.25, -0.2) is 0 Å². The summed E-state index contributed by atoms with van der Waals surface area (Å²) in [6.45, 7) is 8.29. The van der Waals surface area contributed by atoms with Crippen LogP contribution in [0.4, 0.5) is 0 Å². The lowest BCUT2D eigenvalue weighted by Gasteiger charge is -2.29. The summed E-state index contributed by atoms with van der Waals surface area (Å²) in [5.74, 6) is 1.04. The summed E-state index contributed by atoms with van der Waals surface area (Å²) in [7, 11) is 0. The summed E-state index contributed by atoms with van der Waals surface area (Å²) in [6.07, 6.45) is 8.71. The van der Waals surface area contributed by atoms with Gasteiger partial charge in [0.25, 0.3) is 0 Å². The van der Waals surface area contributed by atoms with Gasteiger partial charge < -0.3 is 5.32 Å². The van der Waals surface area contributed by atoms with E-state index in [1.165, 1.54) is 58.2 Å². The van der Waals surface area contributed by atoms with Crippen LogP contribution in [0.1, 0.15) is 52.4 Å².